The Morgan fingerprint density at radius 3 is 1.35 bits per heavy atom. The predicted octanol–water partition coefficient (Wildman–Crippen LogP) is 8.24. The number of hydrogen-bond donors (Lipinski definition) is 0. The number of rotatable bonds is 10. The highest BCUT2D eigenvalue weighted by Crippen LogP contribution is 2.70. The van der Waals surface area contributed by atoms with Gasteiger partial charge in [0.15, 0.2) is 0 Å². The zero-order chi connectivity index (χ0) is 29.0. The molecule has 0 spiro atoms. The minimum absolute atomic E-state index is 0.345. The topological polar surface area (TPSA) is 61.8 Å². The highest BCUT2D eigenvalue weighted by atomic mass is 32.3. The van der Waals surface area contributed by atoms with Crippen LogP contribution in [0.2, 0.25) is 0 Å². The minimum atomic E-state index is -4.66. The van der Waals surface area contributed by atoms with E-state index in [9.17, 15) is 26.0 Å². The molecule has 11 heteroatoms. The maximum absolute atomic E-state index is 14.0. The Balaban J connectivity index is 1.95. The zero-order valence-electron chi connectivity index (χ0n) is 21.5. The van der Waals surface area contributed by atoms with Gasteiger partial charge in [0.1, 0.15) is 17.3 Å². The van der Waals surface area contributed by atoms with Gasteiger partial charge in [-0.15, -0.1) is 0 Å². The van der Waals surface area contributed by atoms with Crippen LogP contribution in [-0.2, 0) is 19.9 Å². The van der Waals surface area contributed by atoms with Crippen molar-refractivity contribution in [3.63, 3.8) is 0 Å². The number of halogens is 4. The van der Waals surface area contributed by atoms with E-state index in [4.69, 9.17) is 13.1 Å². The molecule has 0 saturated heterocycles. The van der Waals surface area contributed by atoms with Crippen molar-refractivity contribution in [2.45, 2.75) is 39.6 Å². The zero-order valence-corrected chi connectivity index (χ0v) is 23.2. The van der Waals surface area contributed by atoms with Crippen molar-refractivity contribution >= 4 is 20.4 Å². The summed E-state index contributed by atoms with van der Waals surface area (Å²) in [5.41, 5.74) is -0.998. The highest BCUT2D eigenvalue weighted by molar-refractivity contribution is 8.33. The van der Waals surface area contributed by atoms with Gasteiger partial charge in [-0.2, -0.15) is 21.6 Å². The lowest BCUT2D eigenvalue weighted by molar-refractivity contribution is -0.137. The molecule has 0 aromatic heterocycles. The van der Waals surface area contributed by atoms with Gasteiger partial charge in [-0.1, -0.05) is 0 Å². The van der Waals surface area contributed by atoms with E-state index in [0.29, 0.717) is 51.5 Å². The van der Waals surface area contributed by atoms with Gasteiger partial charge in [-0.3, -0.25) is 0 Å². The summed E-state index contributed by atoms with van der Waals surface area (Å²) in [5.74, 6) is 0.535. The van der Waals surface area contributed by atoms with Crippen LogP contribution in [0.3, 0.4) is 0 Å². The Bertz CT molecular complexity index is 1470. The summed E-state index contributed by atoms with van der Waals surface area (Å²) in [6, 6.07) is 21.6. The van der Waals surface area contributed by atoms with Gasteiger partial charge < -0.3 is 9.47 Å². The van der Waals surface area contributed by atoms with Gasteiger partial charge in [0.05, 0.1) is 23.7 Å². The third kappa shape index (κ3) is 6.27. The molecule has 0 aliphatic carbocycles. The van der Waals surface area contributed by atoms with Gasteiger partial charge in [-0.25, -0.2) is 8.02 Å². The number of ether oxygens (including phenoxy) is 2. The van der Waals surface area contributed by atoms with Crippen LogP contribution in [0.15, 0.2) is 117 Å². The first-order chi connectivity index (χ1) is 19.0. The largest absolute Gasteiger partial charge is 0.494 e. The van der Waals surface area contributed by atoms with Crippen LogP contribution in [-0.4, -0.2) is 21.6 Å². The maximum Gasteiger partial charge on any atom is 0.416 e. The summed E-state index contributed by atoms with van der Waals surface area (Å²) in [6.07, 6.45) is -4.64. The first-order valence-electron chi connectivity index (χ1n) is 12.2. The Labute approximate surface area is 232 Å². The van der Waals surface area contributed by atoms with E-state index in [0.717, 1.165) is 12.1 Å². The second kappa shape index (κ2) is 11.9. The normalized spacial score (nSPS) is 12.7. The fourth-order valence-electron chi connectivity index (χ4n) is 3.92. The van der Waals surface area contributed by atoms with Crippen LogP contribution in [0, 0.1) is 5.82 Å². The van der Waals surface area contributed by atoms with E-state index in [1.54, 1.807) is 48.5 Å². The average molecular weight is 595 g/mol. The van der Waals surface area contributed by atoms with Crippen molar-refractivity contribution in [1.82, 2.24) is 0 Å². The van der Waals surface area contributed by atoms with Crippen LogP contribution in [0.4, 0.5) is 17.6 Å². The SMILES string of the molecule is CCOc1ccc(S(OS(=O)(=O)c2ccc(C(F)(F)F)cc2)(c2ccc(F)cc2)c2ccc(OCC)cc2)cc1. The molecule has 4 aromatic rings. The average Bonchev–Trinajstić information content (AvgIpc) is 2.93. The second-order valence-electron chi connectivity index (χ2n) is 8.36. The van der Waals surface area contributed by atoms with Gasteiger partial charge in [0.25, 0.3) is 0 Å². The molecule has 0 aliphatic rings. The summed E-state index contributed by atoms with van der Waals surface area (Å²) in [4.78, 5) is 0.749. The Hall–Kier alpha value is -3.54. The standard InChI is InChI=1S/C29H26F4O5S2/c1-3-36-23-9-17-26(18-10-23)39(25-15-7-22(30)8-16-25,27-19-11-24(12-20-27)37-4-2)38-40(34,35)28-13-5-21(6-14-28)29(31,32)33/h5-20H,3-4H2,1-2H3. The van der Waals surface area contributed by atoms with Gasteiger partial charge in [0.2, 0.25) is 0 Å². The van der Waals surface area contributed by atoms with Crippen molar-refractivity contribution in [1.29, 1.82) is 0 Å². The maximum atomic E-state index is 14.0. The summed E-state index contributed by atoms with van der Waals surface area (Å²) in [6.45, 7) is 4.46. The molecular weight excluding hydrogens is 568 g/mol. The lowest BCUT2D eigenvalue weighted by atomic mass is 10.2. The summed E-state index contributed by atoms with van der Waals surface area (Å²) < 4.78 is 98.1. The molecule has 212 valence electrons. The quantitative estimate of drug-likeness (QED) is 0.173. The van der Waals surface area contributed by atoms with E-state index >= 15 is 0 Å². The molecule has 0 N–H and O–H groups in total. The second-order valence-corrected chi connectivity index (χ2v) is 12.8. The van der Waals surface area contributed by atoms with Crippen molar-refractivity contribution in [3.8, 4) is 11.5 Å². The Kier molecular flexibility index (Phi) is 8.77. The number of alkyl halides is 3. The number of hydrogen-bond acceptors (Lipinski definition) is 5. The smallest absolute Gasteiger partial charge is 0.416 e. The van der Waals surface area contributed by atoms with Crippen LogP contribution in [0.25, 0.3) is 0 Å². The highest BCUT2D eigenvalue weighted by Gasteiger charge is 2.39. The molecule has 0 fully saturated rings. The summed E-state index contributed by atoms with van der Waals surface area (Å²) in [5, 5.41) is 0. The van der Waals surface area contributed by atoms with Crippen molar-refractivity contribution < 1.29 is 39.1 Å². The molecule has 0 bridgehead atoms. The van der Waals surface area contributed by atoms with E-state index in [-0.39, 0.29) is 0 Å². The van der Waals surface area contributed by atoms with Crippen LogP contribution in [0.1, 0.15) is 19.4 Å². The Morgan fingerprint density at radius 1 is 0.600 bits per heavy atom. The molecule has 0 aliphatic heterocycles. The Morgan fingerprint density at radius 2 is 0.975 bits per heavy atom. The van der Waals surface area contributed by atoms with E-state index in [1.807, 2.05) is 13.8 Å². The molecule has 0 atom stereocenters. The third-order valence-corrected chi connectivity index (χ3v) is 10.9. The minimum Gasteiger partial charge on any atom is -0.494 e. The lowest BCUT2D eigenvalue weighted by Gasteiger charge is -2.39. The molecular formula is C29H26F4O5S2. The van der Waals surface area contributed by atoms with Gasteiger partial charge in [-0.05, 0) is 121 Å². The molecule has 0 amide bonds. The van der Waals surface area contributed by atoms with Gasteiger partial charge >= 0.3 is 16.3 Å². The molecule has 5 nitrogen and oxygen atoms in total. The molecule has 0 saturated carbocycles. The van der Waals surface area contributed by atoms with Crippen LogP contribution in [0.5, 0.6) is 11.5 Å². The third-order valence-electron chi connectivity index (χ3n) is 5.74. The van der Waals surface area contributed by atoms with Crippen molar-refractivity contribution in [2.24, 2.45) is 0 Å². The summed E-state index contributed by atoms with van der Waals surface area (Å²) in [7, 11) is -7.81. The van der Waals surface area contributed by atoms with Crippen molar-refractivity contribution in [3.05, 3.63) is 108 Å². The molecule has 0 heterocycles. The van der Waals surface area contributed by atoms with Crippen LogP contribution < -0.4 is 9.47 Å². The van der Waals surface area contributed by atoms with E-state index in [2.05, 4.69) is 0 Å². The predicted molar refractivity (Wildman–Crippen MR) is 144 cm³/mol. The first kappa shape index (κ1) is 29.4. The summed E-state index contributed by atoms with van der Waals surface area (Å²) >= 11 is 0. The fourth-order valence-corrected chi connectivity index (χ4v) is 9.10. The lowest BCUT2D eigenvalue weighted by Crippen LogP contribution is -2.15. The molecule has 4 rings (SSSR count). The molecule has 0 radical (unpaired) electrons. The van der Waals surface area contributed by atoms with E-state index in [1.165, 1.54) is 24.3 Å². The fraction of sp³-hybridized carbons (Fsp3) is 0.172. The van der Waals surface area contributed by atoms with Crippen molar-refractivity contribution in [2.75, 3.05) is 13.2 Å². The van der Waals surface area contributed by atoms with E-state index < -0.39 is 42.9 Å². The molecule has 4 aromatic carbocycles. The first-order valence-corrected chi connectivity index (χ1v) is 15.1. The monoisotopic (exact) mass is 594 g/mol. The number of benzene rings is 4. The molecule has 40 heavy (non-hydrogen) atoms. The van der Waals surface area contributed by atoms with Gasteiger partial charge in [0, 0.05) is 14.7 Å². The molecule has 0 unspecified atom stereocenters. The van der Waals surface area contributed by atoms with Crippen LogP contribution >= 0.6 is 10.3 Å².